The summed E-state index contributed by atoms with van der Waals surface area (Å²) >= 11 is 2.78. The molecule has 0 aliphatic heterocycles. The highest BCUT2D eigenvalue weighted by Gasteiger charge is 2.42. The summed E-state index contributed by atoms with van der Waals surface area (Å²) in [6.45, 7) is 2.14. The van der Waals surface area contributed by atoms with Crippen LogP contribution in [-0.2, 0) is 4.79 Å². The van der Waals surface area contributed by atoms with Crippen LogP contribution in [0.5, 0.6) is 0 Å². The van der Waals surface area contributed by atoms with Crippen molar-refractivity contribution in [3.63, 3.8) is 0 Å². The smallest absolute Gasteiger partial charge is 0.267 e. The molecule has 2 aromatic heterocycles. The number of para-hydroxylation sites is 1. The third-order valence-electron chi connectivity index (χ3n) is 6.64. The molecule has 0 radical (unpaired) electrons. The number of aromatic nitrogens is 2. The molecule has 1 N–H and O–H groups in total. The summed E-state index contributed by atoms with van der Waals surface area (Å²) in [5.74, 6) is 2.53. The molecule has 1 amide bonds. The van der Waals surface area contributed by atoms with Crippen molar-refractivity contribution in [3.05, 3.63) is 52.1 Å². The third kappa shape index (κ3) is 3.69. The number of thioether (sulfide) groups is 1. The molecule has 0 spiro atoms. The number of hydrogen-bond donors (Lipinski definition) is 1. The number of amides is 1. The average Bonchev–Trinajstić information content (AvgIpc) is 3.50. The molecule has 0 unspecified atom stereocenters. The normalized spacial score (nSPS) is 23.7. The highest BCUT2D eigenvalue weighted by atomic mass is 32.2. The second-order valence-corrected chi connectivity index (χ2v) is 10.3. The maximum atomic E-state index is 13.1. The molecule has 156 valence electrons. The Balaban J connectivity index is 1.33. The first-order chi connectivity index (χ1) is 14.6. The molecule has 2 bridgehead atoms. The van der Waals surface area contributed by atoms with Gasteiger partial charge in [-0.05, 0) is 67.5 Å². The Kier molecular flexibility index (Phi) is 5.41. The quantitative estimate of drug-likeness (QED) is 0.454. The molecule has 2 heterocycles. The van der Waals surface area contributed by atoms with Crippen LogP contribution in [0.25, 0.3) is 15.9 Å². The van der Waals surface area contributed by atoms with E-state index in [0.29, 0.717) is 21.3 Å². The van der Waals surface area contributed by atoms with Crippen molar-refractivity contribution >= 4 is 39.2 Å². The Morgan fingerprint density at radius 1 is 1.27 bits per heavy atom. The maximum Gasteiger partial charge on any atom is 0.267 e. The Bertz CT molecular complexity index is 1120. The average molecular weight is 440 g/mol. The number of fused-ring (bicyclic) bond motifs is 3. The summed E-state index contributed by atoms with van der Waals surface area (Å²) in [6.07, 6.45) is 5.28. The molecule has 0 saturated heterocycles. The number of nitrogens with one attached hydrogen (secondary N) is 1. The summed E-state index contributed by atoms with van der Waals surface area (Å²) in [5, 5.41) is 6.26. The Hall–Kier alpha value is -2.12. The van der Waals surface area contributed by atoms with Crippen molar-refractivity contribution in [2.75, 3.05) is 5.75 Å². The predicted octanol–water partition coefficient (Wildman–Crippen LogP) is 4.48. The van der Waals surface area contributed by atoms with E-state index in [1.807, 2.05) is 41.8 Å². The summed E-state index contributed by atoms with van der Waals surface area (Å²) in [6, 6.07) is 11.5. The van der Waals surface area contributed by atoms with Gasteiger partial charge in [0.1, 0.15) is 4.83 Å². The first-order valence-corrected chi connectivity index (χ1v) is 12.4. The van der Waals surface area contributed by atoms with Crippen LogP contribution in [-0.4, -0.2) is 27.3 Å². The second-order valence-electron chi connectivity index (χ2n) is 8.49. The van der Waals surface area contributed by atoms with Gasteiger partial charge in [0.05, 0.1) is 16.8 Å². The van der Waals surface area contributed by atoms with Crippen molar-refractivity contribution in [2.45, 2.75) is 43.8 Å². The monoisotopic (exact) mass is 439 g/mol. The van der Waals surface area contributed by atoms with Gasteiger partial charge >= 0.3 is 0 Å². The zero-order chi connectivity index (χ0) is 20.7. The van der Waals surface area contributed by atoms with E-state index in [1.54, 1.807) is 4.57 Å². The van der Waals surface area contributed by atoms with Gasteiger partial charge in [-0.25, -0.2) is 4.98 Å². The van der Waals surface area contributed by atoms with Crippen LogP contribution in [0.3, 0.4) is 0 Å². The van der Waals surface area contributed by atoms with Crippen molar-refractivity contribution in [1.82, 2.24) is 14.9 Å². The van der Waals surface area contributed by atoms with Gasteiger partial charge in [-0.2, -0.15) is 0 Å². The van der Waals surface area contributed by atoms with E-state index in [2.05, 4.69) is 12.2 Å². The fourth-order valence-electron chi connectivity index (χ4n) is 5.24. The van der Waals surface area contributed by atoms with Gasteiger partial charge in [0.25, 0.3) is 5.56 Å². The number of hydrogen-bond acceptors (Lipinski definition) is 5. The first kappa shape index (κ1) is 19.8. The Morgan fingerprint density at radius 2 is 2.10 bits per heavy atom. The largest absolute Gasteiger partial charge is 0.353 e. The van der Waals surface area contributed by atoms with Crippen molar-refractivity contribution in [2.24, 2.45) is 17.8 Å². The first-order valence-electron chi connectivity index (χ1n) is 10.6. The number of benzene rings is 1. The molecule has 2 fully saturated rings. The lowest BCUT2D eigenvalue weighted by Crippen LogP contribution is -2.41. The number of carbonyl (C=O) groups is 1. The molecule has 5 nitrogen and oxygen atoms in total. The lowest BCUT2D eigenvalue weighted by Gasteiger charge is -2.28. The van der Waals surface area contributed by atoms with Crippen molar-refractivity contribution in [3.8, 4) is 5.69 Å². The lowest BCUT2D eigenvalue weighted by molar-refractivity contribution is -0.119. The van der Waals surface area contributed by atoms with Crippen LogP contribution < -0.4 is 10.9 Å². The van der Waals surface area contributed by atoms with Crippen LogP contribution in [0.15, 0.2) is 51.7 Å². The Labute approximate surface area is 183 Å². The molecule has 4 atom stereocenters. The van der Waals surface area contributed by atoms with Crippen LogP contribution in [0.1, 0.15) is 32.6 Å². The van der Waals surface area contributed by atoms with E-state index in [4.69, 9.17) is 4.98 Å². The zero-order valence-corrected chi connectivity index (χ0v) is 18.5. The minimum atomic E-state index is -0.0919. The molecule has 30 heavy (non-hydrogen) atoms. The van der Waals surface area contributed by atoms with Crippen LogP contribution in [0.4, 0.5) is 0 Å². The van der Waals surface area contributed by atoms with Crippen LogP contribution in [0.2, 0.25) is 0 Å². The van der Waals surface area contributed by atoms with Gasteiger partial charge in [-0.15, -0.1) is 11.3 Å². The van der Waals surface area contributed by atoms with Crippen molar-refractivity contribution in [1.29, 1.82) is 0 Å². The number of rotatable bonds is 6. The van der Waals surface area contributed by atoms with E-state index in [0.717, 1.165) is 17.5 Å². The van der Waals surface area contributed by atoms with Crippen LogP contribution >= 0.6 is 23.1 Å². The number of carbonyl (C=O) groups excluding carboxylic acids is 1. The number of nitrogens with zero attached hydrogens (tertiary/aromatic N) is 2. The van der Waals surface area contributed by atoms with Gasteiger partial charge in [0.2, 0.25) is 5.91 Å². The zero-order valence-electron chi connectivity index (χ0n) is 16.9. The molecule has 2 saturated carbocycles. The van der Waals surface area contributed by atoms with E-state index in [-0.39, 0.29) is 23.3 Å². The van der Waals surface area contributed by atoms with Gasteiger partial charge < -0.3 is 5.32 Å². The molecule has 3 aromatic rings. The highest BCUT2D eigenvalue weighted by molar-refractivity contribution is 7.99. The Morgan fingerprint density at radius 3 is 2.83 bits per heavy atom. The van der Waals surface area contributed by atoms with E-state index < -0.39 is 0 Å². The van der Waals surface area contributed by atoms with E-state index in [9.17, 15) is 9.59 Å². The second kappa shape index (κ2) is 8.19. The SMILES string of the molecule is C[C@H](NC(=O)CSc1nc2sccc2c(=O)n1-c1ccccc1)[C@@H]1C[C@H]2CC[C@H]1C2. The molecular weight excluding hydrogens is 414 g/mol. The summed E-state index contributed by atoms with van der Waals surface area (Å²) in [4.78, 5) is 31.2. The summed E-state index contributed by atoms with van der Waals surface area (Å²) in [5.41, 5.74) is 0.673. The molecular formula is C23H25N3O2S2. The molecule has 5 rings (SSSR count). The van der Waals surface area contributed by atoms with Gasteiger partial charge in [0, 0.05) is 6.04 Å². The fraction of sp³-hybridized carbons (Fsp3) is 0.435. The number of thiophene rings is 1. The molecule has 2 aliphatic rings. The lowest BCUT2D eigenvalue weighted by atomic mass is 9.84. The molecule has 7 heteroatoms. The molecule has 2 aliphatic carbocycles. The van der Waals surface area contributed by atoms with Gasteiger partial charge in [-0.3, -0.25) is 14.2 Å². The topological polar surface area (TPSA) is 64.0 Å². The molecule has 1 aromatic carbocycles. The minimum Gasteiger partial charge on any atom is -0.353 e. The van der Waals surface area contributed by atoms with Gasteiger partial charge in [-0.1, -0.05) is 36.4 Å². The summed E-state index contributed by atoms with van der Waals surface area (Å²) in [7, 11) is 0. The standard InChI is InChI=1S/C23H25N3O2S2/c1-14(19-12-15-7-8-16(19)11-15)24-20(27)13-30-23-25-21-18(9-10-29-21)22(28)26(23)17-5-3-2-4-6-17/h2-6,9-10,14-16,19H,7-8,11-13H2,1H3,(H,24,27)/t14-,15-,16-,19-/m0/s1. The maximum absolute atomic E-state index is 13.1. The summed E-state index contributed by atoms with van der Waals surface area (Å²) < 4.78 is 1.62. The van der Waals surface area contributed by atoms with Crippen LogP contribution in [0, 0.1) is 17.8 Å². The third-order valence-corrected chi connectivity index (χ3v) is 8.38. The predicted molar refractivity (Wildman–Crippen MR) is 122 cm³/mol. The minimum absolute atomic E-state index is 0.00964. The van der Waals surface area contributed by atoms with Crippen molar-refractivity contribution < 1.29 is 4.79 Å². The highest BCUT2D eigenvalue weighted by Crippen LogP contribution is 2.49. The van der Waals surface area contributed by atoms with E-state index in [1.165, 1.54) is 48.8 Å². The van der Waals surface area contributed by atoms with Gasteiger partial charge in [0.15, 0.2) is 5.16 Å². The van der Waals surface area contributed by atoms with E-state index >= 15 is 0 Å². The fourth-order valence-corrected chi connectivity index (χ4v) is 6.86.